The standard InChI is InChI=1S/C17H28N2O/c1-13(2)11-17(8-4-5-9-17)12-19-14-6-7-15(18)16(10-14)20-3/h6-7,10,13,19H,4-5,8-9,11-12,18H2,1-3H3. The largest absolute Gasteiger partial charge is 0.495 e. The van der Waals surface area contributed by atoms with E-state index < -0.39 is 0 Å². The fourth-order valence-electron chi connectivity index (χ4n) is 3.55. The lowest BCUT2D eigenvalue weighted by atomic mass is 9.78. The van der Waals surface area contributed by atoms with Crippen LogP contribution in [0.2, 0.25) is 0 Å². The van der Waals surface area contributed by atoms with E-state index in [2.05, 4.69) is 19.2 Å². The number of rotatable bonds is 6. The van der Waals surface area contributed by atoms with E-state index >= 15 is 0 Å². The van der Waals surface area contributed by atoms with Crippen molar-refractivity contribution in [3.63, 3.8) is 0 Å². The summed E-state index contributed by atoms with van der Waals surface area (Å²) in [4.78, 5) is 0. The van der Waals surface area contributed by atoms with Crippen LogP contribution in [-0.2, 0) is 0 Å². The van der Waals surface area contributed by atoms with Crippen molar-refractivity contribution in [1.82, 2.24) is 0 Å². The highest BCUT2D eigenvalue weighted by Gasteiger charge is 2.34. The average molecular weight is 276 g/mol. The van der Waals surface area contributed by atoms with Gasteiger partial charge in [-0.05, 0) is 42.7 Å². The monoisotopic (exact) mass is 276 g/mol. The van der Waals surface area contributed by atoms with Gasteiger partial charge in [-0.15, -0.1) is 0 Å². The zero-order valence-electron chi connectivity index (χ0n) is 13.0. The number of nitrogens with two attached hydrogens (primary N) is 1. The zero-order valence-corrected chi connectivity index (χ0v) is 13.0. The van der Waals surface area contributed by atoms with E-state index in [0.29, 0.717) is 11.1 Å². The summed E-state index contributed by atoms with van der Waals surface area (Å²) in [6.07, 6.45) is 6.76. The second-order valence-corrected chi connectivity index (χ2v) is 6.62. The van der Waals surface area contributed by atoms with Gasteiger partial charge in [0.15, 0.2) is 0 Å². The Balaban J connectivity index is 2.02. The summed E-state index contributed by atoms with van der Waals surface area (Å²) in [6.45, 7) is 5.71. The lowest BCUT2D eigenvalue weighted by Crippen LogP contribution is -2.28. The summed E-state index contributed by atoms with van der Waals surface area (Å²) in [7, 11) is 1.66. The van der Waals surface area contributed by atoms with E-state index in [1.165, 1.54) is 32.1 Å². The number of anilines is 2. The molecule has 0 saturated heterocycles. The van der Waals surface area contributed by atoms with Crippen molar-refractivity contribution in [1.29, 1.82) is 0 Å². The second kappa shape index (κ2) is 6.38. The molecular formula is C17H28N2O. The molecule has 0 atom stereocenters. The minimum Gasteiger partial charge on any atom is -0.495 e. The molecule has 1 fully saturated rings. The molecule has 0 heterocycles. The highest BCUT2D eigenvalue weighted by molar-refractivity contribution is 5.61. The van der Waals surface area contributed by atoms with Crippen LogP contribution in [0.4, 0.5) is 11.4 Å². The first-order chi connectivity index (χ1) is 9.54. The van der Waals surface area contributed by atoms with Gasteiger partial charge in [0.05, 0.1) is 12.8 Å². The van der Waals surface area contributed by atoms with Crippen LogP contribution in [0.1, 0.15) is 46.0 Å². The van der Waals surface area contributed by atoms with E-state index in [9.17, 15) is 0 Å². The normalized spacial score (nSPS) is 17.4. The Labute approximate surface area is 122 Å². The zero-order chi connectivity index (χ0) is 14.6. The summed E-state index contributed by atoms with van der Waals surface area (Å²) in [5.74, 6) is 1.51. The van der Waals surface area contributed by atoms with E-state index in [-0.39, 0.29) is 0 Å². The van der Waals surface area contributed by atoms with Crippen molar-refractivity contribution in [3.05, 3.63) is 18.2 Å². The first-order valence-electron chi connectivity index (χ1n) is 7.72. The highest BCUT2D eigenvalue weighted by Crippen LogP contribution is 2.43. The molecule has 0 radical (unpaired) electrons. The Bertz CT molecular complexity index is 437. The predicted molar refractivity (Wildman–Crippen MR) is 86.3 cm³/mol. The Morgan fingerprint density at radius 3 is 2.60 bits per heavy atom. The van der Waals surface area contributed by atoms with E-state index in [1.807, 2.05) is 18.2 Å². The molecule has 0 amide bonds. The summed E-state index contributed by atoms with van der Waals surface area (Å²) >= 11 is 0. The minimum absolute atomic E-state index is 0.475. The third-order valence-electron chi connectivity index (χ3n) is 4.41. The van der Waals surface area contributed by atoms with Gasteiger partial charge in [0, 0.05) is 18.3 Å². The smallest absolute Gasteiger partial charge is 0.143 e. The van der Waals surface area contributed by atoms with Crippen LogP contribution >= 0.6 is 0 Å². The molecule has 0 aromatic heterocycles. The molecule has 1 saturated carbocycles. The average Bonchev–Trinajstić information content (AvgIpc) is 2.86. The molecule has 20 heavy (non-hydrogen) atoms. The molecule has 0 unspecified atom stereocenters. The topological polar surface area (TPSA) is 47.3 Å². The van der Waals surface area contributed by atoms with E-state index in [4.69, 9.17) is 10.5 Å². The second-order valence-electron chi connectivity index (χ2n) is 6.62. The SMILES string of the molecule is COc1cc(NCC2(CC(C)C)CCCC2)ccc1N. The van der Waals surface area contributed by atoms with E-state index in [1.54, 1.807) is 7.11 Å². The Morgan fingerprint density at radius 2 is 2.00 bits per heavy atom. The van der Waals surface area contributed by atoms with Crippen LogP contribution < -0.4 is 15.8 Å². The Hall–Kier alpha value is -1.38. The minimum atomic E-state index is 0.475. The first kappa shape index (κ1) is 15.0. The molecule has 0 bridgehead atoms. The van der Waals surface area contributed by atoms with Crippen LogP contribution in [0.3, 0.4) is 0 Å². The molecule has 2 rings (SSSR count). The number of benzene rings is 1. The molecule has 0 spiro atoms. The molecule has 3 N–H and O–H groups in total. The van der Waals surface area contributed by atoms with Gasteiger partial charge in [-0.2, -0.15) is 0 Å². The molecule has 3 nitrogen and oxygen atoms in total. The van der Waals surface area contributed by atoms with Gasteiger partial charge in [0.1, 0.15) is 5.75 Å². The summed E-state index contributed by atoms with van der Waals surface area (Å²) < 4.78 is 5.28. The van der Waals surface area contributed by atoms with Crippen molar-refractivity contribution in [3.8, 4) is 5.75 Å². The summed E-state index contributed by atoms with van der Waals surface area (Å²) in [6, 6.07) is 5.94. The van der Waals surface area contributed by atoms with Gasteiger partial charge in [-0.3, -0.25) is 0 Å². The molecule has 112 valence electrons. The Kier molecular flexibility index (Phi) is 4.79. The van der Waals surface area contributed by atoms with Crippen molar-refractivity contribution < 1.29 is 4.74 Å². The van der Waals surface area contributed by atoms with Crippen molar-refractivity contribution >= 4 is 11.4 Å². The molecule has 3 heteroatoms. The number of hydrogen-bond donors (Lipinski definition) is 2. The van der Waals surface area contributed by atoms with E-state index in [0.717, 1.165) is 23.9 Å². The molecular weight excluding hydrogens is 248 g/mol. The van der Waals surface area contributed by atoms with Crippen LogP contribution in [-0.4, -0.2) is 13.7 Å². The maximum absolute atomic E-state index is 5.86. The van der Waals surface area contributed by atoms with Crippen molar-refractivity contribution in [2.45, 2.75) is 46.0 Å². The third kappa shape index (κ3) is 3.59. The molecule has 1 aromatic carbocycles. The van der Waals surface area contributed by atoms with Gasteiger partial charge in [-0.25, -0.2) is 0 Å². The molecule has 1 aromatic rings. The molecule has 1 aliphatic rings. The van der Waals surface area contributed by atoms with Gasteiger partial charge in [0.25, 0.3) is 0 Å². The summed E-state index contributed by atoms with van der Waals surface area (Å²) in [5, 5.41) is 3.60. The fraction of sp³-hybridized carbons (Fsp3) is 0.647. The van der Waals surface area contributed by atoms with Gasteiger partial charge < -0.3 is 15.8 Å². The number of ether oxygens (including phenoxy) is 1. The van der Waals surface area contributed by atoms with Crippen LogP contribution in [0.25, 0.3) is 0 Å². The first-order valence-corrected chi connectivity index (χ1v) is 7.72. The maximum Gasteiger partial charge on any atom is 0.143 e. The van der Waals surface area contributed by atoms with Crippen LogP contribution in [0.5, 0.6) is 5.75 Å². The summed E-state index contributed by atoms with van der Waals surface area (Å²) in [5.41, 5.74) is 8.13. The maximum atomic E-state index is 5.86. The lowest BCUT2D eigenvalue weighted by Gasteiger charge is -2.31. The fourth-order valence-corrected chi connectivity index (χ4v) is 3.55. The van der Waals surface area contributed by atoms with Crippen molar-refractivity contribution in [2.75, 3.05) is 24.7 Å². The number of hydrogen-bond acceptors (Lipinski definition) is 3. The molecule has 0 aliphatic heterocycles. The third-order valence-corrected chi connectivity index (χ3v) is 4.41. The van der Waals surface area contributed by atoms with Crippen LogP contribution in [0.15, 0.2) is 18.2 Å². The predicted octanol–water partition coefficient (Wildman–Crippen LogP) is 4.30. The molecule has 1 aliphatic carbocycles. The number of nitrogen functional groups attached to an aromatic ring is 1. The van der Waals surface area contributed by atoms with Crippen molar-refractivity contribution in [2.24, 2.45) is 11.3 Å². The lowest BCUT2D eigenvalue weighted by molar-refractivity contribution is 0.252. The highest BCUT2D eigenvalue weighted by atomic mass is 16.5. The van der Waals surface area contributed by atoms with Gasteiger partial charge in [0.2, 0.25) is 0 Å². The Morgan fingerprint density at radius 1 is 1.30 bits per heavy atom. The van der Waals surface area contributed by atoms with Gasteiger partial charge >= 0.3 is 0 Å². The van der Waals surface area contributed by atoms with Crippen LogP contribution in [0, 0.1) is 11.3 Å². The van der Waals surface area contributed by atoms with Gasteiger partial charge in [-0.1, -0.05) is 26.7 Å². The number of nitrogens with one attached hydrogen (secondary N) is 1. The number of methoxy groups -OCH3 is 1. The quantitative estimate of drug-likeness (QED) is 0.762.